The van der Waals surface area contributed by atoms with E-state index >= 15 is 0 Å². The van der Waals surface area contributed by atoms with Crippen LogP contribution in [-0.2, 0) is 6.54 Å². The number of hydrogen-bond donors (Lipinski definition) is 1. The Morgan fingerprint density at radius 2 is 2.20 bits per heavy atom. The van der Waals surface area contributed by atoms with Gasteiger partial charge in [-0.3, -0.25) is 4.99 Å². The highest BCUT2D eigenvalue weighted by atomic mass is 127. The summed E-state index contributed by atoms with van der Waals surface area (Å²) in [7, 11) is 3.87. The van der Waals surface area contributed by atoms with E-state index in [1.165, 1.54) is 23.5 Å². The van der Waals surface area contributed by atoms with Gasteiger partial charge in [0.1, 0.15) is 0 Å². The van der Waals surface area contributed by atoms with E-state index in [0.29, 0.717) is 0 Å². The van der Waals surface area contributed by atoms with Crippen LogP contribution in [-0.4, -0.2) is 43.5 Å². The summed E-state index contributed by atoms with van der Waals surface area (Å²) in [5, 5.41) is 3.39. The van der Waals surface area contributed by atoms with Gasteiger partial charge in [-0.2, -0.15) is 11.8 Å². The summed E-state index contributed by atoms with van der Waals surface area (Å²) in [6.07, 6.45) is 4.57. The summed E-state index contributed by atoms with van der Waals surface area (Å²) < 4.78 is 0.836. The van der Waals surface area contributed by atoms with Crippen LogP contribution in [0.5, 0.6) is 0 Å². The molecule has 0 unspecified atom stereocenters. The monoisotopic (exact) mass is 447 g/mol. The van der Waals surface area contributed by atoms with E-state index in [4.69, 9.17) is 11.6 Å². The Bertz CT molecular complexity index is 399. The van der Waals surface area contributed by atoms with Crippen molar-refractivity contribution in [3.8, 4) is 0 Å². The van der Waals surface area contributed by atoms with Crippen LogP contribution in [0.4, 0.5) is 0 Å². The van der Waals surface area contributed by atoms with Gasteiger partial charge in [-0.05, 0) is 37.0 Å². The molecule has 3 nitrogen and oxygen atoms in total. The number of nitrogens with one attached hydrogen (secondary N) is 1. The Labute approximate surface area is 152 Å². The molecule has 1 heterocycles. The molecule has 20 heavy (non-hydrogen) atoms. The molecule has 0 saturated heterocycles. The smallest absolute Gasteiger partial charge is 0.193 e. The fourth-order valence-corrected chi connectivity index (χ4v) is 3.34. The minimum Gasteiger partial charge on any atom is -0.356 e. The van der Waals surface area contributed by atoms with Gasteiger partial charge in [0.2, 0.25) is 0 Å². The topological polar surface area (TPSA) is 27.6 Å². The predicted octanol–water partition coefficient (Wildman–Crippen LogP) is 4.17. The molecular weight excluding hydrogens is 425 g/mol. The highest BCUT2D eigenvalue weighted by molar-refractivity contribution is 14.0. The van der Waals surface area contributed by atoms with E-state index in [-0.39, 0.29) is 24.0 Å². The van der Waals surface area contributed by atoms with Crippen molar-refractivity contribution in [3.63, 3.8) is 0 Å². The van der Waals surface area contributed by atoms with Crippen molar-refractivity contribution in [1.82, 2.24) is 10.2 Å². The van der Waals surface area contributed by atoms with Gasteiger partial charge in [-0.25, -0.2) is 0 Å². The zero-order valence-electron chi connectivity index (χ0n) is 12.2. The van der Waals surface area contributed by atoms with Gasteiger partial charge in [-0.15, -0.1) is 35.3 Å². The molecule has 0 amide bonds. The number of aliphatic imine (C=N–C) groups is 1. The molecule has 1 N–H and O–H groups in total. The minimum atomic E-state index is 0. The highest BCUT2D eigenvalue weighted by Gasteiger charge is 2.07. The average Bonchev–Trinajstić information content (AvgIpc) is 2.79. The Hall–Kier alpha value is 0.340. The highest BCUT2D eigenvalue weighted by Crippen LogP contribution is 2.22. The Morgan fingerprint density at radius 3 is 2.75 bits per heavy atom. The molecule has 0 fully saturated rings. The molecule has 0 spiro atoms. The second-order valence-corrected chi connectivity index (χ2v) is 7.02. The first-order valence-electron chi connectivity index (χ1n) is 6.32. The standard InChI is InChI=1S/C13H22ClN3S2.HI/c1-15-13(16-8-4-5-9-18-3)17(2)10-11-6-7-12(14)19-11;/h6-7H,4-5,8-10H2,1-3H3,(H,15,16);1H. The molecule has 0 radical (unpaired) electrons. The second-order valence-electron chi connectivity index (χ2n) is 4.24. The number of halogens is 2. The molecule has 0 atom stereocenters. The van der Waals surface area contributed by atoms with E-state index in [0.717, 1.165) is 23.4 Å². The van der Waals surface area contributed by atoms with Gasteiger partial charge in [0.05, 0.1) is 10.9 Å². The third kappa shape index (κ3) is 7.95. The summed E-state index contributed by atoms with van der Waals surface area (Å²) in [6.45, 7) is 1.81. The van der Waals surface area contributed by atoms with E-state index < -0.39 is 0 Å². The van der Waals surface area contributed by atoms with Gasteiger partial charge in [-0.1, -0.05) is 11.6 Å². The quantitative estimate of drug-likeness (QED) is 0.294. The van der Waals surface area contributed by atoms with Crippen molar-refractivity contribution in [3.05, 3.63) is 21.3 Å². The fourth-order valence-electron chi connectivity index (χ4n) is 1.70. The van der Waals surface area contributed by atoms with Crippen LogP contribution >= 0.6 is 58.7 Å². The SMILES string of the molecule is CN=C(NCCCCSC)N(C)Cc1ccc(Cl)s1.I. The summed E-state index contributed by atoms with van der Waals surface area (Å²) >= 11 is 9.46. The predicted molar refractivity (Wildman–Crippen MR) is 105 cm³/mol. The van der Waals surface area contributed by atoms with Crippen LogP contribution in [0.1, 0.15) is 17.7 Å². The number of thioether (sulfide) groups is 1. The first kappa shape index (κ1) is 20.3. The van der Waals surface area contributed by atoms with Crippen LogP contribution in [0.3, 0.4) is 0 Å². The van der Waals surface area contributed by atoms with Gasteiger partial charge in [0.15, 0.2) is 5.96 Å². The molecule has 0 saturated carbocycles. The molecule has 0 aliphatic rings. The van der Waals surface area contributed by atoms with Gasteiger partial charge in [0.25, 0.3) is 0 Å². The lowest BCUT2D eigenvalue weighted by molar-refractivity contribution is 0.480. The Kier molecular flexibility index (Phi) is 12.1. The first-order valence-corrected chi connectivity index (χ1v) is 8.91. The maximum atomic E-state index is 5.94. The molecule has 116 valence electrons. The summed E-state index contributed by atoms with van der Waals surface area (Å²) in [4.78, 5) is 7.68. The van der Waals surface area contributed by atoms with Gasteiger partial charge >= 0.3 is 0 Å². The average molecular weight is 448 g/mol. The zero-order valence-corrected chi connectivity index (χ0v) is 16.9. The minimum absolute atomic E-state index is 0. The number of nitrogens with zero attached hydrogens (tertiary/aromatic N) is 2. The summed E-state index contributed by atoms with van der Waals surface area (Å²) in [5.74, 6) is 2.16. The van der Waals surface area contributed by atoms with E-state index in [1.54, 1.807) is 11.3 Å². The van der Waals surface area contributed by atoms with Crippen LogP contribution in [0.2, 0.25) is 4.34 Å². The van der Waals surface area contributed by atoms with Gasteiger partial charge in [0, 0.05) is 25.5 Å². The lowest BCUT2D eigenvalue weighted by atomic mass is 10.3. The molecule has 1 aromatic rings. The van der Waals surface area contributed by atoms with E-state index in [1.807, 2.05) is 31.9 Å². The van der Waals surface area contributed by atoms with Crippen LogP contribution < -0.4 is 5.32 Å². The van der Waals surface area contributed by atoms with Crippen molar-refractivity contribution < 1.29 is 0 Å². The lowest BCUT2D eigenvalue weighted by Crippen LogP contribution is -2.38. The number of guanidine groups is 1. The Morgan fingerprint density at radius 1 is 1.45 bits per heavy atom. The fraction of sp³-hybridized carbons (Fsp3) is 0.615. The third-order valence-corrected chi connectivity index (χ3v) is 4.57. The largest absolute Gasteiger partial charge is 0.356 e. The number of unbranched alkanes of at least 4 members (excludes halogenated alkanes) is 1. The number of hydrogen-bond acceptors (Lipinski definition) is 3. The van der Waals surface area contributed by atoms with E-state index in [9.17, 15) is 0 Å². The molecule has 0 bridgehead atoms. The van der Waals surface area contributed by atoms with Crippen molar-refractivity contribution in [2.24, 2.45) is 4.99 Å². The zero-order chi connectivity index (χ0) is 14.1. The summed E-state index contributed by atoms with van der Waals surface area (Å²) in [6, 6.07) is 4.00. The molecular formula is C13H23ClIN3S2. The first-order chi connectivity index (χ1) is 9.17. The van der Waals surface area contributed by atoms with Crippen molar-refractivity contribution in [2.45, 2.75) is 19.4 Å². The van der Waals surface area contributed by atoms with E-state index in [2.05, 4.69) is 27.5 Å². The van der Waals surface area contributed by atoms with Crippen LogP contribution in [0, 0.1) is 0 Å². The third-order valence-electron chi connectivity index (χ3n) is 2.65. The number of thiophene rings is 1. The molecule has 1 rings (SSSR count). The number of rotatable bonds is 7. The van der Waals surface area contributed by atoms with Crippen molar-refractivity contribution in [1.29, 1.82) is 0 Å². The summed E-state index contributed by atoms with van der Waals surface area (Å²) in [5.41, 5.74) is 0. The van der Waals surface area contributed by atoms with Gasteiger partial charge < -0.3 is 10.2 Å². The molecule has 1 aromatic heterocycles. The lowest BCUT2D eigenvalue weighted by Gasteiger charge is -2.21. The van der Waals surface area contributed by atoms with Crippen molar-refractivity contribution in [2.75, 3.05) is 32.6 Å². The maximum Gasteiger partial charge on any atom is 0.193 e. The maximum absolute atomic E-state index is 5.94. The Balaban J connectivity index is 0.00000361. The van der Waals surface area contributed by atoms with Crippen LogP contribution in [0.25, 0.3) is 0 Å². The van der Waals surface area contributed by atoms with Crippen molar-refractivity contribution >= 4 is 64.6 Å². The second kappa shape index (κ2) is 11.9. The molecule has 0 aliphatic heterocycles. The normalized spacial score (nSPS) is 11.1. The van der Waals surface area contributed by atoms with Crippen LogP contribution in [0.15, 0.2) is 17.1 Å². The molecule has 0 aliphatic carbocycles. The molecule has 0 aromatic carbocycles. The molecule has 7 heteroatoms.